The van der Waals surface area contributed by atoms with Crippen LogP contribution in [0.25, 0.3) is 0 Å². The smallest absolute Gasteiger partial charge is 0.326 e. The number of amides is 1. The third kappa shape index (κ3) is 11.2. The number of carboxylic acid groups (broad SMARTS) is 2. The van der Waals surface area contributed by atoms with Crippen LogP contribution in [0.2, 0.25) is 0 Å². The fourth-order valence-electron chi connectivity index (χ4n) is 2.50. The second kappa shape index (κ2) is 13.5. The topological polar surface area (TPSA) is 167 Å². The van der Waals surface area contributed by atoms with E-state index in [4.69, 9.17) is 10.2 Å². The number of carbonyl (C=O) groups excluding carboxylic acids is 4. The van der Waals surface area contributed by atoms with Crippen LogP contribution in [-0.4, -0.2) is 65.0 Å². The van der Waals surface area contributed by atoms with Gasteiger partial charge in [-0.05, 0) is 33.2 Å². The Kier molecular flexibility index (Phi) is 12.3. The van der Waals surface area contributed by atoms with E-state index >= 15 is 0 Å². The number of hydrogen-bond acceptors (Lipinski definition) is 7. The molecule has 0 saturated carbocycles. The number of carbonyl (C=O) groups is 6. The highest BCUT2D eigenvalue weighted by Crippen LogP contribution is 2.13. The van der Waals surface area contributed by atoms with Crippen molar-refractivity contribution in [1.82, 2.24) is 10.6 Å². The maximum atomic E-state index is 11.9. The summed E-state index contributed by atoms with van der Waals surface area (Å²) in [4.78, 5) is 67.9. The molecular weight excluding hydrogens is 372 g/mol. The summed E-state index contributed by atoms with van der Waals surface area (Å²) in [7, 11) is 1.47. The van der Waals surface area contributed by atoms with Gasteiger partial charge >= 0.3 is 11.9 Å². The maximum Gasteiger partial charge on any atom is 0.326 e. The molecule has 0 saturated heterocycles. The number of aldehydes is 1. The number of rotatable bonds is 16. The molecule has 0 heterocycles. The van der Waals surface area contributed by atoms with E-state index in [0.717, 1.165) is 0 Å². The summed E-state index contributed by atoms with van der Waals surface area (Å²) in [6, 6.07) is -2.05. The van der Waals surface area contributed by atoms with Gasteiger partial charge in [0.05, 0.1) is 0 Å². The van der Waals surface area contributed by atoms with Gasteiger partial charge in [0.25, 0.3) is 0 Å². The van der Waals surface area contributed by atoms with Crippen LogP contribution in [0, 0.1) is 5.92 Å². The summed E-state index contributed by atoms with van der Waals surface area (Å²) in [5, 5.41) is 22.8. The van der Waals surface area contributed by atoms with Gasteiger partial charge in [0.15, 0.2) is 0 Å². The molecule has 0 aromatic heterocycles. The number of Topliss-reactive ketones (excluding diaryl/α,β-unsaturated/α-hetero) is 2. The van der Waals surface area contributed by atoms with Gasteiger partial charge in [-0.15, -0.1) is 0 Å². The first kappa shape index (κ1) is 25.4. The largest absolute Gasteiger partial charge is 0.480 e. The molecule has 158 valence electrons. The Hall–Kier alpha value is -2.62. The minimum atomic E-state index is -1.26. The minimum absolute atomic E-state index is 0.0134. The van der Waals surface area contributed by atoms with E-state index < -0.39 is 35.8 Å². The zero-order valence-electron chi connectivity index (χ0n) is 16.1. The van der Waals surface area contributed by atoms with Crippen LogP contribution in [-0.2, 0) is 28.8 Å². The molecule has 0 aliphatic rings. The van der Waals surface area contributed by atoms with Crippen LogP contribution in [0.1, 0.15) is 51.9 Å². The first-order valence-corrected chi connectivity index (χ1v) is 8.99. The highest BCUT2D eigenvalue weighted by atomic mass is 16.4. The highest BCUT2D eigenvalue weighted by Gasteiger charge is 2.22. The number of likely N-dealkylation sites (N-methyl/N-ethyl adjacent to an activating group) is 1. The Bertz CT molecular complexity index is 590. The molecule has 0 aliphatic heterocycles. The molecule has 3 atom stereocenters. The van der Waals surface area contributed by atoms with E-state index in [0.29, 0.717) is 6.29 Å². The van der Waals surface area contributed by atoms with E-state index in [1.165, 1.54) is 14.0 Å². The van der Waals surface area contributed by atoms with Crippen molar-refractivity contribution in [2.75, 3.05) is 7.05 Å². The zero-order chi connectivity index (χ0) is 21.7. The molecule has 0 aliphatic carbocycles. The van der Waals surface area contributed by atoms with Crippen LogP contribution in [0.3, 0.4) is 0 Å². The van der Waals surface area contributed by atoms with Crippen LogP contribution in [0.4, 0.5) is 0 Å². The molecule has 10 heteroatoms. The van der Waals surface area contributed by atoms with Crippen molar-refractivity contribution in [2.45, 2.75) is 64.0 Å². The SMILES string of the molecule is CNC(CCC(=O)CC(C=O)CCC(=O)NC(CCC(C)=O)C(=O)O)C(=O)O. The summed E-state index contributed by atoms with van der Waals surface area (Å²) >= 11 is 0. The average Bonchev–Trinajstić information content (AvgIpc) is 2.61. The first-order valence-electron chi connectivity index (χ1n) is 8.99. The van der Waals surface area contributed by atoms with Gasteiger partial charge in [0.1, 0.15) is 29.9 Å². The van der Waals surface area contributed by atoms with E-state index in [1.807, 2.05) is 0 Å². The summed E-state index contributed by atoms with van der Waals surface area (Å²) in [5.74, 6) is -4.11. The molecule has 0 spiro atoms. The number of ketones is 2. The lowest BCUT2D eigenvalue weighted by molar-refractivity contribution is -0.142. The van der Waals surface area contributed by atoms with Crippen molar-refractivity contribution in [2.24, 2.45) is 5.92 Å². The van der Waals surface area contributed by atoms with Gasteiger partial charge in [0.2, 0.25) is 5.91 Å². The average molecular weight is 400 g/mol. The minimum Gasteiger partial charge on any atom is -0.480 e. The van der Waals surface area contributed by atoms with Crippen molar-refractivity contribution in [1.29, 1.82) is 0 Å². The van der Waals surface area contributed by atoms with Gasteiger partial charge in [-0.2, -0.15) is 0 Å². The zero-order valence-corrected chi connectivity index (χ0v) is 16.1. The lowest BCUT2D eigenvalue weighted by Gasteiger charge is -2.15. The van der Waals surface area contributed by atoms with Crippen molar-refractivity contribution in [3.63, 3.8) is 0 Å². The Labute approximate surface area is 163 Å². The van der Waals surface area contributed by atoms with Crippen LogP contribution in [0.5, 0.6) is 0 Å². The van der Waals surface area contributed by atoms with Gasteiger partial charge < -0.3 is 30.4 Å². The van der Waals surface area contributed by atoms with E-state index in [9.17, 15) is 28.8 Å². The molecule has 0 aromatic rings. The summed E-state index contributed by atoms with van der Waals surface area (Å²) in [6.07, 6.45) is 0.438. The van der Waals surface area contributed by atoms with E-state index in [2.05, 4.69) is 10.6 Å². The quantitative estimate of drug-likeness (QED) is 0.259. The third-order valence-corrected chi connectivity index (χ3v) is 4.20. The molecule has 0 bridgehead atoms. The van der Waals surface area contributed by atoms with E-state index in [-0.39, 0.29) is 56.5 Å². The number of hydrogen-bond donors (Lipinski definition) is 4. The van der Waals surface area contributed by atoms with Gasteiger partial charge in [-0.3, -0.25) is 14.4 Å². The Morgan fingerprint density at radius 1 is 0.893 bits per heavy atom. The first-order chi connectivity index (χ1) is 13.1. The van der Waals surface area contributed by atoms with Crippen LogP contribution in [0.15, 0.2) is 0 Å². The normalized spacial score (nSPS) is 13.8. The van der Waals surface area contributed by atoms with Crippen molar-refractivity contribution in [3.05, 3.63) is 0 Å². The van der Waals surface area contributed by atoms with Crippen molar-refractivity contribution in [3.8, 4) is 0 Å². The standard InChI is InChI=1S/C18H28N2O8/c1-11(22)3-6-15(18(27)28)20-16(24)8-4-12(10-21)9-13(23)5-7-14(19-2)17(25)26/h10,12,14-15,19H,3-9H2,1-2H3,(H,20,24)(H,25,26)(H,27,28). The molecule has 0 aromatic carbocycles. The predicted molar refractivity (Wildman–Crippen MR) is 97.6 cm³/mol. The van der Waals surface area contributed by atoms with Crippen LogP contribution < -0.4 is 10.6 Å². The Morgan fingerprint density at radius 2 is 1.46 bits per heavy atom. The predicted octanol–water partition coefficient (Wildman–Crippen LogP) is -0.0677. The molecular formula is C18H28N2O8. The van der Waals surface area contributed by atoms with E-state index in [1.54, 1.807) is 0 Å². The second-order valence-electron chi connectivity index (χ2n) is 6.59. The van der Waals surface area contributed by atoms with Crippen molar-refractivity contribution < 1.29 is 39.0 Å². The molecule has 1 amide bonds. The Balaban J connectivity index is 4.43. The van der Waals surface area contributed by atoms with Crippen molar-refractivity contribution >= 4 is 35.7 Å². The van der Waals surface area contributed by atoms with Crippen LogP contribution >= 0.6 is 0 Å². The fourth-order valence-corrected chi connectivity index (χ4v) is 2.50. The number of carboxylic acids is 2. The lowest BCUT2D eigenvalue weighted by Crippen LogP contribution is -2.41. The highest BCUT2D eigenvalue weighted by molar-refractivity contribution is 5.85. The van der Waals surface area contributed by atoms with Gasteiger partial charge in [0, 0.05) is 31.6 Å². The van der Waals surface area contributed by atoms with Gasteiger partial charge in [-0.1, -0.05) is 0 Å². The van der Waals surface area contributed by atoms with Gasteiger partial charge in [-0.25, -0.2) is 4.79 Å². The summed E-state index contributed by atoms with van der Waals surface area (Å²) in [5.41, 5.74) is 0. The summed E-state index contributed by atoms with van der Waals surface area (Å²) in [6.45, 7) is 1.32. The lowest BCUT2D eigenvalue weighted by atomic mass is 9.95. The molecule has 0 radical (unpaired) electrons. The molecule has 10 nitrogen and oxygen atoms in total. The molecule has 3 unspecified atom stereocenters. The Morgan fingerprint density at radius 3 is 1.93 bits per heavy atom. The maximum absolute atomic E-state index is 11.9. The molecule has 0 fully saturated rings. The summed E-state index contributed by atoms with van der Waals surface area (Å²) < 4.78 is 0. The number of nitrogens with one attached hydrogen (secondary N) is 2. The molecule has 0 rings (SSSR count). The number of aliphatic carboxylic acids is 2. The fraction of sp³-hybridized carbons (Fsp3) is 0.667. The molecule has 28 heavy (non-hydrogen) atoms. The third-order valence-electron chi connectivity index (χ3n) is 4.20. The monoisotopic (exact) mass is 400 g/mol. The molecule has 4 N–H and O–H groups in total. The second-order valence-corrected chi connectivity index (χ2v) is 6.59.